The molecule has 2 aromatic rings. The third-order valence-corrected chi connectivity index (χ3v) is 7.45. The molecule has 0 spiro atoms. The smallest absolute Gasteiger partial charge is 0.306 e. The van der Waals surface area contributed by atoms with E-state index in [1.54, 1.807) is 6.92 Å². The van der Waals surface area contributed by atoms with Gasteiger partial charge in [0.05, 0.1) is 18.7 Å². The highest BCUT2D eigenvalue weighted by Crippen LogP contribution is 2.59. The van der Waals surface area contributed by atoms with Gasteiger partial charge in [0, 0.05) is 19.2 Å². The number of pyridine rings is 1. The van der Waals surface area contributed by atoms with Crippen LogP contribution in [0, 0.1) is 23.2 Å². The molecule has 0 atom stereocenters. The van der Waals surface area contributed by atoms with Crippen molar-refractivity contribution in [3.63, 3.8) is 0 Å². The predicted molar refractivity (Wildman–Crippen MR) is 113 cm³/mol. The zero-order valence-electron chi connectivity index (χ0n) is 17.7. The minimum atomic E-state index is -0.219. The molecule has 30 heavy (non-hydrogen) atoms. The lowest BCUT2D eigenvalue weighted by Crippen LogP contribution is -2.51. The number of amides is 1. The molecule has 160 valence electrons. The summed E-state index contributed by atoms with van der Waals surface area (Å²) in [6.45, 7) is 2.98. The molecule has 4 aliphatic carbocycles. The Bertz CT molecular complexity index is 928. The summed E-state index contributed by atoms with van der Waals surface area (Å²) in [4.78, 5) is 29.3. The highest BCUT2D eigenvalue weighted by molar-refractivity contribution is 5.93. The van der Waals surface area contributed by atoms with E-state index in [0.29, 0.717) is 30.6 Å². The first-order valence-corrected chi connectivity index (χ1v) is 11.4. The van der Waals surface area contributed by atoms with E-state index in [-0.39, 0.29) is 11.9 Å². The summed E-state index contributed by atoms with van der Waals surface area (Å²) in [7, 11) is 0. The Morgan fingerprint density at radius 3 is 2.53 bits per heavy atom. The summed E-state index contributed by atoms with van der Waals surface area (Å²) in [5, 5.41) is 3.26. The molecule has 2 heterocycles. The van der Waals surface area contributed by atoms with E-state index in [4.69, 9.17) is 4.74 Å². The van der Waals surface area contributed by atoms with Gasteiger partial charge < -0.3 is 10.1 Å². The number of fused-ring (bicyclic) bond motifs is 1. The van der Waals surface area contributed by atoms with Crippen LogP contribution in [-0.4, -0.2) is 34.4 Å². The number of rotatable bonds is 7. The zero-order valence-corrected chi connectivity index (χ0v) is 17.7. The molecule has 0 aliphatic heterocycles. The second kappa shape index (κ2) is 7.71. The largest absolute Gasteiger partial charge is 0.466 e. The van der Waals surface area contributed by atoms with Gasteiger partial charge in [0.1, 0.15) is 11.3 Å². The highest BCUT2D eigenvalue weighted by Gasteiger charge is 2.50. The average molecular weight is 410 g/mol. The molecule has 0 unspecified atom stereocenters. The van der Waals surface area contributed by atoms with E-state index in [0.717, 1.165) is 35.6 Å². The van der Waals surface area contributed by atoms with E-state index in [1.807, 2.05) is 28.8 Å². The van der Waals surface area contributed by atoms with E-state index < -0.39 is 0 Å². The van der Waals surface area contributed by atoms with Crippen molar-refractivity contribution >= 4 is 17.5 Å². The maximum Gasteiger partial charge on any atom is 0.306 e. The molecule has 6 nitrogen and oxygen atoms in total. The maximum absolute atomic E-state index is 13.1. The van der Waals surface area contributed by atoms with Crippen molar-refractivity contribution in [1.82, 2.24) is 14.7 Å². The molecule has 0 aromatic carbocycles. The summed E-state index contributed by atoms with van der Waals surface area (Å²) >= 11 is 0. The lowest BCUT2D eigenvalue weighted by atomic mass is 9.49. The van der Waals surface area contributed by atoms with Crippen molar-refractivity contribution in [3.05, 3.63) is 35.8 Å². The minimum absolute atomic E-state index is 0.0364. The van der Waals surface area contributed by atoms with Crippen molar-refractivity contribution in [2.24, 2.45) is 23.2 Å². The van der Waals surface area contributed by atoms with Gasteiger partial charge in [0.25, 0.3) is 5.91 Å². The van der Waals surface area contributed by atoms with Gasteiger partial charge in [-0.25, -0.2) is 4.98 Å². The minimum Gasteiger partial charge on any atom is -0.466 e. The van der Waals surface area contributed by atoms with Crippen LogP contribution in [0.4, 0.5) is 0 Å². The van der Waals surface area contributed by atoms with E-state index in [2.05, 4.69) is 10.3 Å². The first kappa shape index (κ1) is 19.6. The normalized spacial score (nSPS) is 29.3. The van der Waals surface area contributed by atoms with E-state index in [1.165, 1.54) is 38.5 Å². The molecular formula is C24H31N3O3. The first-order valence-electron chi connectivity index (χ1n) is 11.4. The van der Waals surface area contributed by atoms with Gasteiger partial charge in [-0.15, -0.1) is 0 Å². The van der Waals surface area contributed by atoms with Gasteiger partial charge in [0.2, 0.25) is 0 Å². The number of hydrogen-bond acceptors (Lipinski definition) is 4. The van der Waals surface area contributed by atoms with Gasteiger partial charge in [-0.3, -0.25) is 14.0 Å². The standard InChI is InChI=1S/C24H31N3O3/c1-2-30-22(28)7-6-19-14-27-20(4-3-5-21(27)26-19)23(29)25-15-24-11-16-8-17(12-24)10-18(9-16)13-24/h3-5,14,16-18H,2,6-13,15H2,1H3,(H,25,29). The second-order valence-corrected chi connectivity index (χ2v) is 9.78. The molecule has 4 fully saturated rings. The number of esters is 1. The third kappa shape index (κ3) is 3.72. The van der Waals surface area contributed by atoms with Gasteiger partial charge in [-0.1, -0.05) is 6.07 Å². The van der Waals surface area contributed by atoms with Gasteiger partial charge in [0.15, 0.2) is 0 Å². The van der Waals surface area contributed by atoms with Crippen LogP contribution in [0.15, 0.2) is 24.4 Å². The Labute approximate surface area is 177 Å². The molecule has 6 heteroatoms. The Hall–Kier alpha value is -2.37. The maximum atomic E-state index is 13.1. The number of carbonyl (C=O) groups is 2. The predicted octanol–water partition coefficient (Wildman–Crippen LogP) is 3.78. The number of ether oxygens (including phenoxy) is 1. The summed E-state index contributed by atoms with van der Waals surface area (Å²) < 4.78 is 6.84. The number of hydrogen-bond donors (Lipinski definition) is 1. The quantitative estimate of drug-likeness (QED) is 0.707. The number of aromatic nitrogens is 2. The number of aryl methyl sites for hydroxylation is 1. The lowest BCUT2D eigenvalue weighted by molar-refractivity contribution is -0.143. The Morgan fingerprint density at radius 1 is 1.17 bits per heavy atom. The van der Waals surface area contributed by atoms with Crippen molar-refractivity contribution in [2.45, 2.75) is 58.3 Å². The average Bonchev–Trinajstić information content (AvgIpc) is 3.13. The number of nitrogens with one attached hydrogen (secondary N) is 1. The number of imidazole rings is 1. The Kier molecular flexibility index (Phi) is 5.03. The molecule has 4 aliphatic rings. The van der Waals surface area contributed by atoms with Crippen LogP contribution in [0.25, 0.3) is 5.65 Å². The Morgan fingerprint density at radius 2 is 1.87 bits per heavy atom. The number of nitrogens with zero attached hydrogens (tertiary/aromatic N) is 2. The van der Waals surface area contributed by atoms with Crippen LogP contribution in [-0.2, 0) is 16.0 Å². The summed E-state index contributed by atoms with van der Waals surface area (Å²) in [5.74, 6) is 2.39. The fraction of sp³-hybridized carbons (Fsp3) is 0.625. The summed E-state index contributed by atoms with van der Waals surface area (Å²) in [6.07, 6.45) is 10.8. The van der Waals surface area contributed by atoms with Crippen LogP contribution in [0.1, 0.15) is 68.1 Å². The topological polar surface area (TPSA) is 72.7 Å². The molecule has 4 bridgehead atoms. The number of carbonyl (C=O) groups excluding carboxylic acids is 2. The molecule has 2 aromatic heterocycles. The van der Waals surface area contributed by atoms with Crippen LogP contribution < -0.4 is 5.32 Å². The third-order valence-electron chi connectivity index (χ3n) is 7.45. The van der Waals surface area contributed by atoms with Gasteiger partial charge in [-0.05, 0) is 80.8 Å². The Balaban J connectivity index is 1.27. The molecule has 4 saturated carbocycles. The highest BCUT2D eigenvalue weighted by atomic mass is 16.5. The molecule has 0 radical (unpaired) electrons. The monoisotopic (exact) mass is 409 g/mol. The van der Waals surface area contributed by atoms with Crippen LogP contribution in [0.3, 0.4) is 0 Å². The van der Waals surface area contributed by atoms with Crippen molar-refractivity contribution in [3.8, 4) is 0 Å². The molecule has 0 saturated heterocycles. The van der Waals surface area contributed by atoms with Crippen molar-refractivity contribution in [1.29, 1.82) is 0 Å². The fourth-order valence-electron chi connectivity index (χ4n) is 6.69. The van der Waals surface area contributed by atoms with E-state index >= 15 is 0 Å². The van der Waals surface area contributed by atoms with Crippen LogP contribution in [0.2, 0.25) is 0 Å². The summed E-state index contributed by atoms with van der Waals surface area (Å²) in [6, 6.07) is 5.61. The summed E-state index contributed by atoms with van der Waals surface area (Å²) in [5.41, 5.74) is 2.45. The first-order chi connectivity index (χ1) is 14.5. The van der Waals surface area contributed by atoms with Crippen molar-refractivity contribution in [2.75, 3.05) is 13.2 Å². The van der Waals surface area contributed by atoms with E-state index in [9.17, 15) is 9.59 Å². The molecule has 1 N–H and O–H groups in total. The molecule has 6 rings (SSSR count). The SMILES string of the molecule is CCOC(=O)CCc1cn2c(C(=O)NCC34CC5CC(CC(C5)C3)C4)cccc2n1. The van der Waals surface area contributed by atoms with Gasteiger partial charge in [-0.2, -0.15) is 0 Å². The van der Waals surface area contributed by atoms with Gasteiger partial charge >= 0.3 is 5.97 Å². The molecular weight excluding hydrogens is 378 g/mol. The van der Waals surface area contributed by atoms with Crippen LogP contribution >= 0.6 is 0 Å². The van der Waals surface area contributed by atoms with Crippen LogP contribution in [0.5, 0.6) is 0 Å². The fourth-order valence-corrected chi connectivity index (χ4v) is 6.69. The second-order valence-electron chi connectivity index (χ2n) is 9.78. The zero-order chi connectivity index (χ0) is 20.7. The molecule has 1 amide bonds. The van der Waals surface area contributed by atoms with Crippen molar-refractivity contribution < 1.29 is 14.3 Å². The lowest BCUT2D eigenvalue weighted by Gasteiger charge is -2.56.